The Labute approximate surface area is 162 Å². The van der Waals surface area contributed by atoms with Gasteiger partial charge < -0.3 is 5.32 Å². The third kappa shape index (κ3) is 3.05. The minimum absolute atomic E-state index is 0.283. The van der Waals surface area contributed by atoms with Crippen molar-refractivity contribution >= 4 is 40.5 Å². The summed E-state index contributed by atoms with van der Waals surface area (Å²) >= 11 is 12.5. The first-order valence-electron chi connectivity index (χ1n) is 7.89. The number of halogens is 3. The van der Waals surface area contributed by atoms with Crippen molar-refractivity contribution in [3.05, 3.63) is 80.6 Å². The van der Waals surface area contributed by atoms with E-state index in [2.05, 4.69) is 15.3 Å². The van der Waals surface area contributed by atoms with Crippen LogP contribution in [0.5, 0.6) is 0 Å². The van der Waals surface area contributed by atoms with Gasteiger partial charge in [0.25, 0.3) is 5.56 Å². The van der Waals surface area contributed by atoms with Crippen LogP contribution in [-0.4, -0.2) is 19.2 Å². The van der Waals surface area contributed by atoms with Crippen LogP contribution in [0.25, 0.3) is 11.3 Å². The molecular weight excluding hydrogens is 392 g/mol. The lowest BCUT2D eigenvalue weighted by atomic mass is 10.3. The predicted molar refractivity (Wildman–Crippen MR) is 103 cm³/mol. The monoisotopic (exact) mass is 403 g/mol. The van der Waals surface area contributed by atoms with Crippen LogP contribution in [-0.2, 0) is 0 Å². The van der Waals surface area contributed by atoms with Gasteiger partial charge in [0.1, 0.15) is 23.1 Å². The predicted octanol–water partition coefficient (Wildman–Crippen LogP) is 4.38. The number of hydrogen-bond acceptors (Lipinski definition) is 4. The highest BCUT2D eigenvalue weighted by Crippen LogP contribution is 2.28. The normalized spacial score (nSPS) is 11.1. The zero-order valence-electron chi connectivity index (χ0n) is 13.9. The number of nitrogens with zero attached hydrogens (tertiary/aromatic N) is 4. The number of aromatic nitrogens is 4. The number of anilines is 2. The zero-order valence-corrected chi connectivity index (χ0v) is 15.5. The molecule has 0 bridgehead atoms. The van der Waals surface area contributed by atoms with Crippen molar-refractivity contribution < 1.29 is 4.39 Å². The summed E-state index contributed by atoms with van der Waals surface area (Å²) in [4.78, 5) is 21.2. The van der Waals surface area contributed by atoms with Gasteiger partial charge in [-0.1, -0.05) is 29.3 Å². The van der Waals surface area contributed by atoms with Gasteiger partial charge in [-0.15, -0.1) is 0 Å². The van der Waals surface area contributed by atoms with E-state index in [-0.39, 0.29) is 5.56 Å². The molecule has 0 amide bonds. The molecule has 0 atom stereocenters. The van der Waals surface area contributed by atoms with E-state index in [4.69, 9.17) is 23.2 Å². The number of rotatable bonds is 3. The number of pyridine rings is 1. The number of benzene rings is 1. The third-order valence-corrected chi connectivity index (χ3v) is 4.62. The molecule has 0 saturated carbocycles. The molecule has 0 aliphatic carbocycles. The van der Waals surface area contributed by atoms with E-state index < -0.39 is 5.82 Å². The minimum atomic E-state index is -0.431. The molecule has 0 fully saturated rings. The molecule has 4 aromatic rings. The lowest BCUT2D eigenvalue weighted by Gasteiger charge is -2.11. The van der Waals surface area contributed by atoms with Crippen molar-refractivity contribution in [3.8, 4) is 5.69 Å². The number of nitrogens with one attached hydrogen (secondary N) is 1. The van der Waals surface area contributed by atoms with Gasteiger partial charge in [0, 0.05) is 6.20 Å². The van der Waals surface area contributed by atoms with Crippen LogP contribution in [0.1, 0.15) is 5.56 Å². The molecule has 1 aromatic carbocycles. The van der Waals surface area contributed by atoms with Crippen molar-refractivity contribution in [2.75, 3.05) is 5.32 Å². The van der Waals surface area contributed by atoms with Crippen LogP contribution in [0, 0.1) is 12.7 Å². The van der Waals surface area contributed by atoms with E-state index in [1.807, 2.05) is 0 Å². The Kier molecular flexibility index (Phi) is 4.33. The van der Waals surface area contributed by atoms with Crippen LogP contribution >= 0.6 is 23.2 Å². The fourth-order valence-electron chi connectivity index (χ4n) is 2.74. The molecule has 3 aromatic heterocycles. The quantitative estimate of drug-likeness (QED) is 0.551. The zero-order chi connectivity index (χ0) is 19.1. The molecule has 0 unspecified atom stereocenters. The molecule has 0 aliphatic rings. The molecule has 27 heavy (non-hydrogen) atoms. The molecule has 0 saturated heterocycles. The van der Waals surface area contributed by atoms with E-state index in [0.717, 1.165) is 6.20 Å². The molecule has 0 aliphatic heterocycles. The second-order valence-corrected chi connectivity index (χ2v) is 6.59. The Morgan fingerprint density at radius 3 is 2.48 bits per heavy atom. The first kappa shape index (κ1) is 17.5. The van der Waals surface area contributed by atoms with E-state index in [1.165, 1.54) is 16.8 Å². The van der Waals surface area contributed by atoms with Crippen LogP contribution < -0.4 is 10.9 Å². The summed E-state index contributed by atoms with van der Waals surface area (Å²) in [5, 5.41) is 3.67. The number of hydrogen-bond donors (Lipinski definition) is 1. The molecule has 4 rings (SSSR count). The fourth-order valence-corrected chi connectivity index (χ4v) is 3.29. The van der Waals surface area contributed by atoms with Gasteiger partial charge in [0.05, 0.1) is 21.8 Å². The van der Waals surface area contributed by atoms with E-state index in [9.17, 15) is 9.18 Å². The van der Waals surface area contributed by atoms with Crippen LogP contribution in [0.4, 0.5) is 16.0 Å². The summed E-state index contributed by atoms with van der Waals surface area (Å²) in [5.41, 5.74) is 0.969. The molecule has 0 spiro atoms. The first-order valence-corrected chi connectivity index (χ1v) is 8.65. The van der Waals surface area contributed by atoms with E-state index in [0.29, 0.717) is 38.6 Å². The molecule has 0 radical (unpaired) electrons. The molecular formula is C18H12Cl2FN5O. The lowest BCUT2D eigenvalue weighted by Crippen LogP contribution is -2.19. The van der Waals surface area contributed by atoms with Gasteiger partial charge >= 0.3 is 0 Å². The summed E-state index contributed by atoms with van der Waals surface area (Å²) in [6, 6.07) is 9.48. The number of aryl methyl sites for hydroxylation is 1. The third-order valence-electron chi connectivity index (χ3n) is 4.01. The minimum Gasteiger partial charge on any atom is -0.325 e. The number of fused-ring (bicyclic) bond motifs is 1. The largest absolute Gasteiger partial charge is 0.325 e. The van der Waals surface area contributed by atoms with Gasteiger partial charge in [-0.05, 0) is 37.3 Å². The summed E-state index contributed by atoms with van der Waals surface area (Å²) in [7, 11) is 0. The maximum absolute atomic E-state index is 13.0. The van der Waals surface area contributed by atoms with Gasteiger partial charge in [0.15, 0.2) is 5.65 Å². The van der Waals surface area contributed by atoms with Crippen molar-refractivity contribution in [3.63, 3.8) is 0 Å². The maximum Gasteiger partial charge on any atom is 0.277 e. The van der Waals surface area contributed by atoms with E-state index >= 15 is 0 Å². The van der Waals surface area contributed by atoms with Crippen LogP contribution in [0.3, 0.4) is 0 Å². The van der Waals surface area contributed by atoms with E-state index in [1.54, 1.807) is 41.9 Å². The van der Waals surface area contributed by atoms with Crippen LogP contribution in [0.15, 0.2) is 53.6 Å². The van der Waals surface area contributed by atoms with Gasteiger partial charge in [-0.25, -0.2) is 23.6 Å². The maximum atomic E-state index is 13.0. The Hall–Kier alpha value is -2.90. The standard InChI is InChI=1S/C18H12Cl2FN5O/c1-10-17-24-15(23-14-6-5-11(21)9-22-14)7-8-25(17)26(18(10)27)16-12(19)3-2-4-13(16)20/h2-9H,1H3,(H,22,23,24). The summed E-state index contributed by atoms with van der Waals surface area (Å²) in [5.74, 6) is 0.460. The average Bonchev–Trinajstić information content (AvgIpc) is 2.89. The molecule has 1 N–H and O–H groups in total. The second kappa shape index (κ2) is 6.68. The smallest absolute Gasteiger partial charge is 0.277 e. The lowest BCUT2D eigenvalue weighted by molar-refractivity contribution is 0.622. The Morgan fingerprint density at radius 2 is 1.81 bits per heavy atom. The summed E-state index contributed by atoms with van der Waals surface area (Å²) in [6.07, 6.45) is 2.77. The van der Waals surface area contributed by atoms with Crippen molar-refractivity contribution in [1.29, 1.82) is 0 Å². The topological polar surface area (TPSA) is 64.2 Å². The first-order chi connectivity index (χ1) is 13.0. The Bertz CT molecular complexity index is 1200. The van der Waals surface area contributed by atoms with Gasteiger partial charge in [-0.3, -0.25) is 4.79 Å². The fraction of sp³-hybridized carbons (Fsp3) is 0.0556. The average molecular weight is 404 g/mol. The van der Waals surface area contributed by atoms with Crippen molar-refractivity contribution in [2.24, 2.45) is 0 Å². The molecule has 3 heterocycles. The van der Waals surface area contributed by atoms with Crippen molar-refractivity contribution in [2.45, 2.75) is 6.92 Å². The molecule has 136 valence electrons. The SMILES string of the molecule is Cc1c(=O)n(-c2c(Cl)cccc2Cl)n2ccc(Nc3ccc(F)cn3)nc12. The van der Waals surface area contributed by atoms with Crippen molar-refractivity contribution in [1.82, 2.24) is 19.2 Å². The highest BCUT2D eigenvalue weighted by atomic mass is 35.5. The van der Waals surface area contributed by atoms with Gasteiger partial charge in [-0.2, -0.15) is 0 Å². The molecule has 9 heteroatoms. The van der Waals surface area contributed by atoms with Gasteiger partial charge in [0.2, 0.25) is 0 Å². The second-order valence-electron chi connectivity index (χ2n) is 5.78. The number of para-hydroxylation sites is 1. The van der Waals surface area contributed by atoms with Crippen LogP contribution in [0.2, 0.25) is 10.0 Å². The highest BCUT2D eigenvalue weighted by molar-refractivity contribution is 6.37. The Morgan fingerprint density at radius 1 is 1.07 bits per heavy atom. The summed E-state index contributed by atoms with van der Waals surface area (Å²) < 4.78 is 15.9. The highest BCUT2D eigenvalue weighted by Gasteiger charge is 2.18. The summed E-state index contributed by atoms with van der Waals surface area (Å²) in [6.45, 7) is 1.67. The molecule has 6 nitrogen and oxygen atoms in total. The Balaban J connectivity index is 1.86.